The van der Waals surface area contributed by atoms with Crippen LogP contribution >= 0.6 is 0 Å². The van der Waals surface area contributed by atoms with E-state index in [4.69, 9.17) is 10.2 Å². The Morgan fingerprint density at radius 2 is 2.23 bits per heavy atom. The standard InChI is InChI=1S/C14H22N2O5S/c1-4-10-12(7-11(21-10)13(17)20-3)22(18,19)16-6-5-14(2,8-15)9-16/h7H,4-6,8-9,15H2,1-3H3. The maximum absolute atomic E-state index is 12.8. The molecule has 1 aromatic heterocycles. The molecular weight excluding hydrogens is 308 g/mol. The topological polar surface area (TPSA) is 103 Å². The number of nitrogens with zero attached hydrogens (tertiary/aromatic N) is 1. The van der Waals surface area contributed by atoms with Crippen LogP contribution in [-0.4, -0.2) is 45.4 Å². The highest BCUT2D eigenvalue weighted by molar-refractivity contribution is 7.89. The van der Waals surface area contributed by atoms with Crippen LogP contribution in [0.25, 0.3) is 0 Å². The molecule has 8 heteroatoms. The van der Waals surface area contributed by atoms with Gasteiger partial charge in [-0.15, -0.1) is 0 Å². The van der Waals surface area contributed by atoms with E-state index < -0.39 is 16.0 Å². The third-order valence-corrected chi connectivity index (χ3v) is 6.00. The van der Waals surface area contributed by atoms with Crippen molar-refractivity contribution < 1.29 is 22.4 Å². The molecule has 0 spiro atoms. The molecule has 0 bridgehead atoms. The molecule has 2 rings (SSSR count). The molecule has 1 aromatic rings. The zero-order chi connectivity index (χ0) is 16.5. The molecule has 0 saturated carbocycles. The number of rotatable bonds is 5. The second-order valence-corrected chi connectivity index (χ2v) is 7.75. The van der Waals surface area contributed by atoms with Crippen LogP contribution < -0.4 is 5.73 Å². The van der Waals surface area contributed by atoms with Gasteiger partial charge in [-0.25, -0.2) is 13.2 Å². The molecule has 1 atom stereocenters. The quantitative estimate of drug-likeness (QED) is 0.808. The number of methoxy groups -OCH3 is 1. The summed E-state index contributed by atoms with van der Waals surface area (Å²) in [4.78, 5) is 11.6. The average molecular weight is 330 g/mol. The number of carbonyl (C=O) groups is 1. The van der Waals surface area contributed by atoms with Gasteiger partial charge in [0, 0.05) is 25.6 Å². The number of nitrogens with two attached hydrogens (primary N) is 1. The van der Waals surface area contributed by atoms with E-state index in [-0.39, 0.29) is 21.8 Å². The van der Waals surface area contributed by atoms with Crippen molar-refractivity contribution in [1.82, 2.24) is 4.31 Å². The summed E-state index contributed by atoms with van der Waals surface area (Å²) in [6.45, 7) is 4.95. The Balaban J connectivity index is 2.38. The summed E-state index contributed by atoms with van der Waals surface area (Å²) in [7, 11) is -2.49. The molecule has 1 aliphatic heterocycles. The lowest BCUT2D eigenvalue weighted by atomic mass is 9.90. The van der Waals surface area contributed by atoms with Crippen molar-refractivity contribution in [3.63, 3.8) is 0 Å². The molecule has 7 nitrogen and oxygen atoms in total. The molecule has 1 unspecified atom stereocenters. The molecule has 0 aromatic carbocycles. The second kappa shape index (κ2) is 6.02. The van der Waals surface area contributed by atoms with Crippen LogP contribution in [0.15, 0.2) is 15.4 Å². The van der Waals surface area contributed by atoms with Crippen LogP contribution in [0.1, 0.15) is 36.6 Å². The number of ether oxygens (including phenoxy) is 1. The molecule has 0 amide bonds. The Bertz CT molecular complexity index is 667. The predicted octanol–water partition coefficient (Wildman–Crippen LogP) is 0.988. The van der Waals surface area contributed by atoms with Gasteiger partial charge in [0.2, 0.25) is 15.8 Å². The summed E-state index contributed by atoms with van der Waals surface area (Å²) in [5.41, 5.74) is 5.52. The zero-order valence-corrected chi connectivity index (χ0v) is 13.9. The zero-order valence-electron chi connectivity index (χ0n) is 13.1. The Morgan fingerprint density at radius 1 is 1.55 bits per heavy atom. The first kappa shape index (κ1) is 17.0. The minimum Gasteiger partial charge on any atom is -0.463 e. The van der Waals surface area contributed by atoms with Crippen molar-refractivity contribution in [2.45, 2.75) is 31.6 Å². The molecule has 2 heterocycles. The van der Waals surface area contributed by atoms with Crippen molar-refractivity contribution in [1.29, 1.82) is 0 Å². The number of hydrogen-bond donors (Lipinski definition) is 1. The summed E-state index contributed by atoms with van der Waals surface area (Å²) in [5.74, 6) is -0.523. The molecule has 0 radical (unpaired) electrons. The van der Waals surface area contributed by atoms with Crippen LogP contribution in [0.3, 0.4) is 0 Å². The number of esters is 1. The summed E-state index contributed by atoms with van der Waals surface area (Å²) < 4.78 is 37.0. The van der Waals surface area contributed by atoms with Crippen LogP contribution in [0, 0.1) is 5.41 Å². The molecule has 2 N–H and O–H groups in total. The first-order chi connectivity index (χ1) is 10.3. The fourth-order valence-electron chi connectivity index (χ4n) is 2.57. The number of carbonyl (C=O) groups excluding carboxylic acids is 1. The number of furan rings is 1. The van der Waals surface area contributed by atoms with Gasteiger partial charge < -0.3 is 14.9 Å². The van der Waals surface area contributed by atoms with Gasteiger partial charge in [-0.05, 0) is 18.4 Å². The van der Waals surface area contributed by atoms with E-state index in [2.05, 4.69) is 4.74 Å². The van der Waals surface area contributed by atoms with Gasteiger partial charge in [-0.3, -0.25) is 0 Å². The van der Waals surface area contributed by atoms with Gasteiger partial charge in [-0.2, -0.15) is 4.31 Å². The van der Waals surface area contributed by atoms with Crippen molar-refractivity contribution in [2.24, 2.45) is 11.1 Å². The highest BCUT2D eigenvalue weighted by atomic mass is 32.2. The smallest absolute Gasteiger partial charge is 0.373 e. The molecule has 1 saturated heterocycles. The number of hydrogen-bond acceptors (Lipinski definition) is 6. The molecule has 124 valence electrons. The Labute approximate surface area is 130 Å². The van der Waals surface area contributed by atoms with E-state index in [1.807, 2.05) is 6.92 Å². The largest absolute Gasteiger partial charge is 0.463 e. The summed E-state index contributed by atoms with van der Waals surface area (Å²) in [6, 6.07) is 1.25. The van der Waals surface area contributed by atoms with Gasteiger partial charge in [0.15, 0.2) is 0 Å². The van der Waals surface area contributed by atoms with Crippen LogP contribution in [-0.2, 0) is 21.2 Å². The van der Waals surface area contributed by atoms with E-state index >= 15 is 0 Å². The van der Waals surface area contributed by atoms with Gasteiger partial charge in [0.05, 0.1) is 7.11 Å². The van der Waals surface area contributed by atoms with Crippen molar-refractivity contribution in [3.8, 4) is 0 Å². The van der Waals surface area contributed by atoms with Crippen LogP contribution in [0.2, 0.25) is 0 Å². The van der Waals surface area contributed by atoms with E-state index in [9.17, 15) is 13.2 Å². The van der Waals surface area contributed by atoms with Crippen LogP contribution in [0.4, 0.5) is 0 Å². The summed E-state index contributed by atoms with van der Waals surface area (Å²) in [6.07, 6.45) is 1.08. The van der Waals surface area contributed by atoms with E-state index in [1.54, 1.807) is 6.92 Å². The van der Waals surface area contributed by atoms with Crippen molar-refractivity contribution in [3.05, 3.63) is 17.6 Å². The Kier molecular flexibility index (Phi) is 4.65. The third-order valence-electron chi connectivity index (χ3n) is 4.11. The van der Waals surface area contributed by atoms with Crippen molar-refractivity contribution >= 4 is 16.0 Å². The highest BCUT2D eigenvalue weighted by Crippen LogP contribution is 2.34. The maximum atomic E-state index is 12.8. The highest BCUT2D eigenvalue weighted by Gasteiger charge is 2.40. The van der Waals surface area contributed by atoms with Gasteiger partial charge >= 0.3 is 5.97 Å². The second-order valence-electron chi connectivity index (χ2n) is 5.85. The average Bonchev–Trinajstić information content (AvgIpc) is 3.11. The normalized spacial score (nSPS) is 22.9. The van der Waals surface area contributed by atoms with Gasteiger partial charge in [0.25, 0.3) is 0 Å². The first-order valence-corrected chi connectivity index (χ1v) is 8.62. The van der Waals surface area contributed by atoms with E-state index in [0.717, 1.165) is 0 Å². The lowest BCUT2D eigenvalue weighted by Crippen LogP contribution is -2.34. The lowest BCUT2D eigenvalue weighted by molar-refractivity contribution is 0.0563. The SMILES string of the molecule is CCc1oc(C(=O)OC)cc1S(=O)(=O)N1CCC(C)(CN)C1. The maximum Gasteiger partial charge on any atom is 0.373 e. The van der Waals surface area contributed by atoms with Gasteiger partial charge in [-0.1, -0.05) is 13.8 Å². The summed E-state index contributed by atoms with van der Waals surface area (Å²) >= 11 is 0. The molecular formula is C14H22N2O5S. The summed E-state index contributed by atoms with van der Waals surface area (Å²) in [5, 5.41) is 0. The molecule has 22 heavy (non-hydrogen) atoms. The fourth-order valence-corrected chi connectivity index (χ4v) is 4.39. The minimum atomic E-state index is -3.71. The molecule has 1 fully saturated rings. The minimum absolute atomic E-state index is 0.0386. The third kappa shape index (κ3) is 2.90. The molecule has 0 aliphatic carbocycles. The first-order valence-electron chi connectivity index (χ1n) is 7.18. The predicted molar refractivity (Wildman–Crippen MR) is 80.0 cm³/mol. The molecule has 1 aliphatic rings. The lowest BCUT2D eigenvalue weighted by Gasteiger charge is -2.22. The van der Waals surface area contributed by atoms with E-state index in [0.29, 0.717) is 32.5 Å². The Hall–Kier alpha value is -1.38. The van der Waals surface area contributed by atoms with Crippen LogP contribution in [0.5, 0.6) is 0 Å². The number of sulfonamides is 1. The monoisotopic (exact) mass is 330 g/mol. The Morgan fingerprint density at radius 3 is 2.73 bits per heavy atom. The number of aryl methyl sites for hydroxylation is 1. The van der Waals surface area contributed by atoms with Crippen molar-refractivity contribution in [2.75, 3.05) is 26.7 Å². The van der Waals surface area contributed by atoms with Gasteiger partial charge in [0.1, 0.15) is 10.7 Å². The van der Waals surface area contributed by atoms with E-state index in [1.165, 1.54) is 17.5 Å². The fraction of sp³-hybridized carbons (Fsp3) is 0.643.